The summed E-state index contributed by atoms with van der Waals surface area (Å²) in [7, 11) is 1.43. The topological polar surface area (TPSA) is 87.7 Å². The standard InChI is InChI=1S/C16H12Cl2N2O4S/c1-24-13-5-2-8(15(22)23)6-12(13)19-16(25)20-14(21)10-4-3-9(17)7-11(10)18/h2-7H,1H3,(H,22,23)(H2,19,20,21,25). The van der Waals surface area contributed by atoms with Crippen molar-refractivity contribution in [3.8, 4) is 5.75 Å². The number of carboxylic acids is 1. The summed E-state index contributed by atoms with van der Waals surface area (Å²) in [5.74, 6) is -1.27. The van der Waals surface area contributed by atoms with Gasteiger partial charge in [0.1, 0.15) is 5.75 Å². The second-order valence-electron chi connectivity index (χ2n) is 4.75. The molecule has 0 unspecified atom stereocenters. The lowest BCUT2D eigenvalue weighted by Gasteiger charge is -2.14. The fourth-order valence-corrected chi connectivity index (χ4v) is 2.63. The van der Waals surface area contributed by atoms with Crippen molar-refractivity contribution < 1.29 is 19.4 Å². The van der Waals surface area contributed by atoms with Gasteiger partial charge in [0.2, 0.25) is 0 Å². The van der Waals surface area contributed by atoms with Crippen molar-refractivity contribution in [3.05, 3.63) is 57.6 Å². The first kappa shape index (κ1) is 19.0. The molecule has 2 aromatic rings. The number of benzene rings is 2. The fourth-order valence-electron chi connectivity index (χ4n) is 1.94. The third-order valence-electron chi connectivity index (χ3n) is 3.10. The summed E-state index contributed by atoms with van der Waals surface area (Å²) >= 11 is 16.9. The van der Waals surface area contributed by atoms with Crippen LogP contribution in [0, 0.1) is 0 Å². The molecule has 0 heterocycles. The number of halogens is 2. The molecular formula is C16H12Cl2N2O4S. The third-order valence-corrected chi connectivity index (χ3v) is 3.85. The molecule has 0 fully saturated rings. The molecular weight excluding hydrogens is 387 g/mol. The monoisotopic (exact) mass is 398 g/mol. The maximum absolute atomic E-state index is 12.2. The molecule has 6 nitrogen and oxygen atoms in total. The molecule has 0 aliphatic rings. The lowest BCUT2D eigenvalue weighted by molar-refractivity contribution is 0.0696. The molecule has 0 saturated carbocycles. The van der Waals surface area contributed by atoms with Crippen molar-refractivity contribution in [2.75, 3.05) is 12.4 Å². The highest BCUT2D eigenvalue weighted by Crippen LogP contribution is 2.26. The van der Waals surface area contributed by atoms with Gasteiger partial charge >= 0.3 is 5.97 Å². The van der Waals surface area contributed by atoms with E-state index in [1.54, 1.807) is 0 Å². The second-order valence-corrected chi connectivity index (χ2v) is 6.00. The van der Waals surface area contributed by atoms with E-state index in [2.05, 4.69) is 10.6 Å². The largest absolute Gasteiger partial charge is 0.495 e. The number of carbonyl (C=O) groups is 2. The molecule has 0 radical (unpaired) electrons. The molecule has 2 rings (SSSR count). The SMILES string of the molecule is COc1ccc(C(=O)O)cc1NC(=S)NC(=O)c1ccc(Cl)cc1Cl. The first-order valence-electron chi connectivity index (χ1n) is 6.80. The zero-order chi connectivity index (χ0) is 18.6. The van der Waals surface area contributed by atoms with Crippen molar-refractivity contribution in [1.29, 1.82) is 0 Å². The summed E-state index contributed by atoms with van der Waals surface area (Å²) in [5, 5.41) is 14.8. The zero-order valence-electron chi connectivity index (χ0n) is 12.8. The molecule has 0 spiro atoms. The van der Waals surface area contributed by atoms with Gasteiger partial charge in [0, 0.05) is 5.02 Å². The van der Waals surface area contributed by atoms with Crippen LogP contribution in [0.25, 0.3) is 0 Å². The number of hydrogen-bond donors (Lipinski definition) is 3. The molecule has 0 aromatic heterocycles. The van der Waals surface area contributed by atoms with Crippen LogP contribution in [0.15, 0.2) is 36.4 Å². The maximum atomic E-state index is 12.2. The molecule has 25 heavy (non-hydrogen) atoms. The Morgan fingerprint density at radius 1 is 1.16 bits per heavy atom. The molecule has 9 heteroatoms. The number of aromatic carboxylic acids is 1. The van der Waals surface area contributed by atoms with E-state index >= 15 is 0 Å². The molecule has 0 aliphatic heterocycles. The van der Waals surface area contributed by atoms with Gasteiger partial charge in [0.25, 0.3) is 5.91 Å². The highest BCUT2D eigenvalue weighted by molar-refractivity contribution is 7.80. The number of hydrogen-bond acceptors (Lipinski definition) is 4. The van der Waals surface area contributed by atoms with Crippen LogP contribution in [0.5, 0.6) is 5.75 Å². The number of nitrogens with one attached hydrogen (secondary N) is 2. The van der Waals surface area contributed by atoms with Gasteiger partial charge in [0.15, 0.2) is 5.11 Å². The number of carbonyl (C=O) groups excluding carboxylic acids is 1. The van der Waals surface area contributed by atoms with Gasteiger partial charge in [-0.3, -0.25) is 10.1 Å². The zero-order valence-corrected chi connectivity index (χ0v) is 15.1. The Morgan fingerprint density at radius 2 is 1.88 bits per heavy atom. The number of carboxylic acid groups (broad SMARTS) is 1. The average Bonchev–Trinajstić information content (AvgIpc) is 2.54. The number of methoxy groups -OCH3 is 1. The predicted molar refractivity (Wildman–Crippen MR) is 100 cm³/mol. The smallest absolute Gasteiger partial charge is 0.335 e. The summed E-state index contributed by atoms with van der Waals surface area (Å²) in [6.07, 6.45) is 0. The number of thiocarbonyl (C=S) groups is 1. The van der Waals surface area contributed by atoms with E-state index in [0.29, 0.717) is 16.5 Å². The predicted octanol–water partition coefficient (Wildman–Crippen LogP) is 3.83. The normalized spacial score (nSPS) is 10.0. The molecule has 0 atom stereocenters. The molecule has 2 aromatic carbocycles. The molecule has 0 bridgehead atoms. The number of ether oxygens (including phenoxy) is 1. The van der Waals surface area contributed by atoms with Crippen LogP contribution in [-0.4, -0.2) is 29.2 Å². The summed E-state index contributed by atoms with van der Waals surface area (Å²) in [6.45, 7) is 0. The third kappa shape index (κ3) is 4.82. The fraction of sp³-hybridized carbons (Fsp3) is 0.0625. The van der Waals surface area contributed by atoms with Gasteiger partial charge in [-0.1, -0.05) is 23.2 Å². The van der Waals surface area contributed by atoms with Crippen molar-refractivity contribution in [1.82, 2.24) is 5.32 Å². The van der Waals surface area contributed by atoms with E-state index in [1.165, 1.54) is 43.5 Å². The van der Waals surface area contributed by atoms with Gasteiger partial charge < -0.3 is 15.2 Å². The average molecular weight is 399 g/mol. The van der Waals surface area contributed by atoms with Crippen molar-refractivity contribution in [3.63, 3.8) is 0 Å². The first-order valence-corrected chi connectivity index (χ1v) is 7.97. The van der Waals surface area contributed by atoms with Gasteiger partial charge in [0.05, 0.1) is 28.9 Å². The van der Waals surface area contributed by atoms with Crippen LogP contribution in [-0.2, 0) is 0 Å². The van der Waals surface area contributed by atoms with Crippen LogP contribution in [0.1, 0.15) is 20.7 Å². The molecule has 130 valence electrons. The van der Waals surface area contributed by atoms with E-state index < -0.39 is 11.9 Å². The van der Waals surface area contributed by atoms with Crippen LogP contribution >= 0.6 is 35.4 Å². The minimum absolute atomic E-state index is 0.0400. The van der Waals surface area contributed by atoms with E-state index in [4.69, 9.17) is 45.3 Å². The molecule has 0 saturated heterocycles. The Kier molecular flexibility index (Phi) is 6.19. The first-order chi connectivity index (χ1) is 11.8. The summed E-state index contributed by atoms with van der Waals surface area (Å²) < 4.78 is 5.14. The van der Waals surface area contributed by atoms with Crippen LogP contribution in [0.3, 0.4) is 0 Å². The van der Waals surface area contributed by atoms with E-state index in [-0.39, 0.29) is 21.3 Å². The number of rotatable bonds is 4. The number of amides is 1. The van der Waals surface area contributed by atoms with Crippen molar-refractivity contribution in [2.24, 2.45) is 0 Å². The van der Waals surface area contributed by atoms with Crippen LogP contribution in [0.2, 0.25) is 10.0 Å². The van der Waals surface area contributed by atoms with Gasteiger partial charge in [-0.05, 0) is 48.6 Å². The van der Waals surface area contributed by atoms with Crippen molar-refractivity contribution >= 4 is 58.1 Å². The Bertz CT molecular complexity index is 858. The Labute approximate surface area is 158 Å². The van der Waals surface area contributed by atoms with E-state index in [1.807, 2.05) is 0 Å². The lowest BCUT2D eigenvalue weighted by Crippen LogP contribution is -2.34. The quantitative estimate of drug-likeness (QED) is 0.678. The number of anilines is 1. The highest BCUT2D eigenvalue weighted by Gasteiger charge is 2.14. The Hall–Kier alpha value is -2.35. The lowest BCUT2D eigenvalue weighted by atomic mass is 10.2. The van der Waals surface area contributed by atoms with E-state index in [0.717, 1.165) is 0 Å². The Balaban J connectivity index is 2.15. The highest BCUT2D eigenvalue weighted by atomic mass is 35.5. The summed E-state index contributed by atoms with van der Waals surface area (Å²) in [6, 6.07) is 8.64. The van der Waals surface area contributed by atoms with Gasteiger partial charge in [-0.25, -0.2) is 4.79 Å². The van der Waals surface area contributed by atoms with Gasteiger partial charge in [-0.15, -0.1) is 0 Å². The molecule has 3 N–H and O–H groups in total. The van der Waals surface area contributed by atoms with E-state index in [9.17, 15) is 9.59 Å². The van der Waals surface area contributed by atoms with Gasteiger partial charge in [-0.2, -0.15) is 0 Å². The second kappa shape index (κ2) is 8.15. The van der Waals surface area contributed by atoms with Crippen LogP contribution in [0.4, 0.5) is 5.69 Å². The summed E-state index contributed by atoms with van der Waals surface area (Å²) in [5.41, 5.74) is 0.537. The van der Waals surface area contributed by atoms with Crippen LogP contribution < -0.4 is 15.4 Å². The molecule has 0 aliphatic carbocycles. The summed E-state index contributed by atoms with van der Waals surface area (Å²) in [4.78, 5) is 23.3. The van der Waals surface area contributed by atoms with Crippen molar-refractivity contribution in [2.45, 2.75) is 0 Å². The molecule has 1 amide bonds. The minimum Gasteiger partial charge on any atom is -0.495 e. The maximum Gasteiger partial charge on any atom is 0.335 e. The minimum atomic E-state index is -1.10. The Morgan fingerprint density at radius 3 is 2.48 bits per heavy atom.